The summed E-state index contributed by atoms with van der Waals surface area (Å²) in [7, 11) is 1.81. The predicted molar refractivity (Wildman–Crippen MR) is 46.7 cm³/mol. The Hall–Kier alpha value is -0.0800. The van der Waals surface area contributed by atoms with E-state index in [1.165, 1.54) is 0 Å². The summed E-state index contributed by atoms with van der Waals surface area (Å²) in [5.41, 5.74) is 0.0880. The fourth-order valence-corrected chi connectivity index (χ4v) is 1.77. The molecule has 0 radical (unpaired) electrons. The van der Waals surface area contributed by atoms with E-state index >= 15 is 0 Å². The van der Waals surface area contributed by atoms with Crippen molar-refractivity contribution in [2.45, 2.75) is 38.8 Å². The number of ether oxygens (including phenoxy) is 1. The van der Waals surface area contributed by atoms with Crippen LogP contribution >= 0.6 is 0 Å². The average molecular weight is 157 g/mol. The van der Waals surface area contributed by atoms with Crippen LogP contribution in [-0.4, -0.2) is 25.3 Å². The molecule has 2 heteroatoms. The van der Waals surface area contributed by atoms with Crippen molar-refractivity contribution in [2.24, 2.45) is 5.92 Å². The maximum Gasteiger partial charge on any atom is 0.0702 e. The van der Waals surface area contributed by atoms with Crippen molar-refractivity contribution in [3.05, 3.63) is 0 Å². The third kappa shape index (κ3) is 1.57. The van der Waals surface area contributed by atoms with Gasteiger partial charge in [-0.2, -0.15) is 0 Å². The lowest BCUT2D eigenvalue weighted by atomic mass is 9.80. The van der Waals surface area contributed by atoms with Crippen LogP contribution in [0.4, 0.5) is 0 Å². The molecule has 3 atom stereocenters. The lowest BCUT2D eigenvalue weighted by Crippen LogP contribution is -2.53. The fraction of sp³-hybridized carbons (Fsp3) is 1.00. The molecule has 1 N–H and O–H groups in total. The quantitative estimate of drug-likeness (QED) is 0.621. The van der Waals surface area contributed by atoms with E-state index in [0.717, 1.165) is 13.0 Å². The van der Waals surface area contributed by atoms with E-state index in [1.807, 2.05) is 7.11 Å². The van der Waals surface area contributed by atoms with Crippen molar-refractivity contribution in [3.63, 3.8) is 0 Å². The molecule has 0 spiro atoms. The summed E-state index contributed by atoms with van der Waals surface area (Å²) in [6.07, 6.45) is 1.12. The van der Waals surface area contributed by atoms with E-state index in [-0.39, 0.29) is 5.60 Å². The number of rotatable bonds is 1. The molecule has 1 saturated heterocycles. The van der Waals surface area contributed by atoms with Crippen LogP contribution in [0.25, 0.3) is 0 Å². The summed E-state index contributed by atoms with van der Waals surface area (Å²) in [4.78, 5) is 0. The van der Waals surface area contributed by atoms with Gasteiger partial charge in [0.1, 0.15) is 0 Å². The van der Waals surface area contributed by atoms with Crippen LogP contribution in [0.3, 0.4) is 0 Å². The second kappa shape index (κ2) is 3.11. The Bertz CT molecular complexity index is 138. The number of hydrogen-bond acceptors (Lipinski definition) is 2. The molecule has 1 rings (SSSR count). The maximum absolute atomic E-state index is 5.52. The first-order valence-electron chi connectivity index (χ1n) is 4.38. The van der Waals surface area contributed by atoms with Gasteiger partial charge in [-0.1, -0.05) is 6.92 Å². The van der Waals surface area contributed by atoms with E-state index in [0.29, 0.717) is 12.0 Å². The molecule has 1 fully saturated rings. The van der Waals surface area contributed by atoms with Gasteiger partial charge in [-0.25, -0.2) is 0 Å². The van der Waals surface area contributed by atoms with Gasteiger partial charge in [0.2, 0.25) is 0 Å². The minimum atomic E-state index is 0.0880. The normalized spacial score (nSPS) is 45.8. The first-order valence-corrected chi connectivity index (χ1v) is 4.38. The molecule has 0 aliphatic carbocycles. The molecule has 1 heterocycles. The molecule has 0 unspecified atom stereocenters. The van der Waals surface area contributed by atoms with Crippen molar-refractivity contribution < 1.29 is 4.74 Å². The first-order chi connectivity index (χ1) is 5.10. The van der Waals surface area contributed by atoms with Crippen LogP contribution in [0.5, 0.6) is 0 Å². The summed E-state index contributed by atoms with van der Waals surface area (Å²) >= 11 is 0. The Balaban J connectivity index is 2.64. The highest BCUT2D eigenvalue weighted by molar-refractivity contribution is 4.91. The van der Waals surface area contributed by atoms with E-state index in [4.69, 9.17) is 4.74 Å². The molecule has 11 heavy (non-hydrogen) atoms. The summed E-state index contributed by atoms with van der Waals surface area (Å²) in [6, 6.07) is 0.577. The van der Waals surface area contributed by atoms with Crippen LogP contribution < -0.4 is 5.32 Å². The van der Waals surface area contributed by atoms with Gasteiger partial charge < -0.3 is 10.1 Å². The molecular formula is C9H19NO. The molecular weight excluding hydrogens is 138 g/mol. The zero-order chi connectivity index (χ0) is 8.48. The lowest BCUT2D eigenvalue weighted by molar-refractivity contribution is -0.0685. The monoisotopic (exact) mass is 157 g/mol. The molecule has 2 nitrogen and oxygen atoms in total. The number of hydrogen-bond donors (Lipinski definition) is 1. The van der Waals surface area contributed by atoms with Gasteiger partial charge in [0, 0.05) is 13.2 Å². The smallest absolute Gasteiger partial charge is 0.0702 e. The molecule has 0 aromatic carbocycles. The SMILES string of the molecule is CO[C@]1(C)CCN[C@@H](C)[C@@H]1C. The largest absolute Gasteiger partial charge is 0.378 e. The standard InChI is InChI=1S/C9H19NO/c1-7-8(2)10-6-5-9(7,3)11-4/h7-8,10H,5-6H2,1-4H3/t7-,8-,9+/m0/s1. The first kappa shape index (κ1) is 9.01. The Morgan fingerprint density at radius 3 is 2.55 bits per heavy atom. The summed E-state index contributed by atoms with van der Waals surface area (Å²) < 4.78 is 5.52. The Kier molecular flexibility index (Phi) is 2.55. The van der Waals surface area contributed by atoms with Crippen LogP contribution in [0.15, 0.2) is 0 Å². The third-order valence-corrected chi connectivity index (χ3v) is 3.27. The lowest BCUT2D eigenvalue weighted by Gasteiger charge is -2.42. The summed E-state index contributed by atoms with van der Waals surface area (Å²) in [5.74, 6) is 0.598. The van der Waals surface area contributed by atoms with Crippen molar-refractivity contribution >= 4 is 0 Å². The summed E-state index contributed by atoms with van der Waals surface area (Å²) in [6.45, 7) is 7.76. The second-order valence-electron chi connectivity index (χ2n) is 3.80. The van der Waals surface area contributed by atoms with E-state index in [9.17, 15) is 0 Å². The van der Waals surface area contributed by atoms with Gasteiger partial charge in [-0.05, 0) is 32.7 Å². The predicted octanol–water partition coefficient (Wildman–Crippen LogP) is 1.41. The minimum absolute atomic E-state index is 0.0880. The molecule has 1 aliphatic rings. The van der Waals surface area contributed by atoms with Crippen LogP contribution in [0, 0.1) is 5.92 Å². The highest BCUT2D eigenvalue weighted by Gasteiger charge is 2.37. The third-order valence-electron chi connectivity index (χ3n) is 3.27. The number of methoxy groups -OCH3 is 1. The maximum atomic E-state index is 5.52. The van der Waals surface area contributed by atoms with Crippen LogP contribution in [-0.2, 0) is 4.74 Å². The Labute approximate surface area is 69.3 Å². The van der Waals surface area contributed by atoms with Crippen LogP contribution in [0.2, 0.25) is 0 Å². The van der Waals surface area contributed by atoms with Crippen molar-refractivity contribution in [1.82, 2.24) is 5.32 Å². The van der Waals surface area contributed by atoms with Gasteiger partial charge in [0.05, 0.1) is 5.60 Å². The second-order valence-corrected chi connectivity index (χ2v) is 3.80. The van der Waals surface area contributed by atoms with Crippen molar-refractivity contribution in [1.29, 1.82) is 0 Å². The van der Waals surface area contributed by atoms with Gasteiger partial charge in [0.15, 0.2) is 0 Å². The molecule has 0 amide bonds. The van der Waals surface area contributed by atoms with Crippen LogP contribution in [0.1, 0.15) is 27.2 Å². The number of piperidine rings is 1. The highest BCUT2D eigenvalue weighted by Crippen LogP contribution is 2.30. The zero-order valence-electron chi connectivity index (χ0n) is 7.98. The Morgan fingerprint density at radius 1 is 1.45 bits per heavy atom. The van der Waals surface area contributed by atoms with Gasteiger partial charge in [-0.15, -0.1) is 0 Å². The van der Waals surface area contributed by atoms with Gasteiger partial charge in [0.25, 0.3) is 0 Å². The zero-order valence-corrected chi connectivity index (χ0v) is 7.98. The van der Waals surface area contributed by atoms with E-state index in [1.54, 1.807) is 0 Å². The van der Waals surface area contributed by atoms with Gasteiger partial charge in [-0.3, -0.25) is 0 Å². The highest BCUT2D eigenvalue weighted by atomic mass is 16.5. The Morgan fingerprint density at radius 2 is 2.09 bits per heavy atom. The van der Waals surface area contributed by atoms with E-state index in [2.05, 4.69) is 26.1 Å². The summed E-state index contributed by atoms with van der Waals surface area (Å²) in [5, 5.41) is 3.44. The molecule has 0 bridgehead atoms. The molecule has 0 aromatic rings. The minimum Gasteiger partial charge on any atom is -0.378 e. The van der Waals surface area contributed by atoms with Crippen molar-refractivity contribution in [3.8, 4) is 0 Å². The fourth-order valence-electron chi connectivity index (χ4n) is 1.77. The molecule has 0 saturated carbocycles. The molecule has 0 aromatic heterocycles. The van der Waals surface area contributed by atoms with E-state index < -0.39 is 0 Å². The average Bonchev–Trinajstić information content (AvgIpc) is 2.00. The topological polar surface area (TPSA) is 21.3 Å². The molecule has 66 valence electrons. The van der Waals surface area contributed by atoms with Crippen molar-refractivity contribution in [2.75, 3.05) is 13.7 Å². The van der Waals surface area contributed by atoms with Gasteiger partial charge >= 0.3 is 0 Å². The number of nitrogens with one attached hydrogen (secondary N) is 1. The molecule has 1 aliphatic heterocycles.